The fourth-order valence-electron chi connectivity index (χ4n) is 3.18. The Hall–Kier alpha value is -2.29. The Morgan fingerprint density at radius 1 is 0.955 bits per heavy atom. The van der Waals surface area contributed by atoms with Crippen molar-refractivity contribution in [2.75, 3.05) is 0 Å². The molecule has 0 aliphatic rings. The van der Waals surface area contributed by atoms with E-state index in [4.69, 9.17) is 4.42 Å². The van der Waals surface area contributed by atoms with Crippen LogP contribution in [0.4, 0.5) is 0 Å². The molecule has 0 radical (unpaired) electrons. The Morgan fingerprint density at radius 3 is 2.41 bits per heavy atom. The summed E-state index contributed by atoms with van der Waals surface area (Å²) in [6, 6.07) is 12.9. The van der Waals surface area contributed by atoms with Gasteiger partial charge in [-0.1, -0.05) is 29.7 Å². The number of rotatable bonds is 0. The lowest BCUT2D eigenvalue weighted by Gasteiger charge is -2.11. The SMILES string of the molecule is Bc1cc2oc3c[n+](C(C)(C)C)ccc3c2c2ccccc12. The smallest absolute Gasteiger partial charge is 0.212 e. The van der Waals surface area contributed by atoms with Crippen molar-refractivity contribution in [3.05, 3.63) is 48.8 Å². The Bertz CT molecular complexity index is 1020. The summed E-state index contributed by atoms with van der Waals surface area (Å²) in [7, 11) is 2.14. The number of fused-ring (bicyclic) bond motifs is 5. The Labute approximate surface area is 130 Å². The van der Waals surface area contributed by atoms with Gasteiger partial charge in [0.2, 0.25) is 6.20 Å². The molecule has 0 spiro atoms. The maximum Gasteiger partial charge on any atom is 0.212 e. The second-order valence-corrected chi connectivity index (χ2v) is 7.02. The summed E-state index contributed by atoms with van der Waals surface area (Å²) in [6.45, 7) is 6.59. The molecule has 0 aliphatic carbocycles. The van der Waals surface area contributed by atoms with E-state index in [0.29, 0.717) is 0 Å². The van der Waals surface area contributed by atoms with E-state index >= 15 is 0 Å². The van der Waals surface area contributed by atoms with Crippen LogP contribution < -0.4 is 10.0 Å². The Kier molecular flexibility index (Phi) is 2.65. The van der Waals surface area contributed by atoms with Gasteiger partial charge in [0, 0.05) is 37.6 Å². The molecule has 0 aliphatic heterocycles. The number of hydrogen-bond acceptors (Lipinski definition) is 1. The largest absolute Gasteiger partial charge is 0.450 e. The second kappa shape index (κ2) is 4.36. The van der Waals surface area contributed by atoms with E-state index in [1.165, 1.54) is 27.0 Å². The summed E-state index contributed by atoms with van der Waals surface area (Å²) in [5.41, 5.74) is 3.22. The van der Waals surface area contributed by atoms with E-state index in [9.17, 15) is 0 Å². The average Bonchev–Trinajstić information content (AvgIpc) is 2.83. The maximum atomic E-state index is 6.16. The fourth-order valence-corrected chi connectivity index (χ4v) is 3.18. The summed E-state index contributed by atoms with van der Waals surface area (Å²) in [4.78, 5) is 0. The van der Waals surface area contributed by atoms with Crippen molar-refractivity contribution in [1.29, 1.82) is 0 Å². The van der Waals surface area contributed by atoms with Crippen molar-refractivity contribution in [1.82, 2.24) is 0 Å². The molecule has 4 aromatic rings. The number of furan rings is 1. The minimum Gasteiger partial charge on any atom is -0.450 e. The highest BCUT2D eigenvalue weighted by molar-refractivity contribution is 6.41. The predicted octanol–water partition coefficient (Wildman–Crippen LogP) is 3.04. The summed E-state index contributed by atoms with van der Waals surface area (Å²) >= 11 is 0. The van der Waals surface area contributed by atoms with Crippen LogP contribution in [0.25, 0.3) is 32.7 Å². The molecule has 0 amide bonds. The zero-order valence-corrected chi connectivity index (χ0v) is 13.5. The molecule has 2 nitrogen and oxygen atoms in total. The van der Waals surface area contributed by atoms with Gasteiger partial charge in [0.1, 0.15) is 13.4 Å². The van der Waals surface area contributed by atoms with Crippen molar-refractivity contribution in [2.45, 2.75) is 26.3 Å². The number of pyridine rings is 1. The van der Waals surface area contributed by atoms with E-state index in [1.807, 2.05) is 0 Å². The number of hydrogen-bond donors (Lipinski definition) is 0. The molecule has 22 heavy (non-hydrogen) atoms. The van der Waals surface area contributed by atoms with Crippen LogP contribution in [0, 0.1) is 0 Å². The zero-order valence-electron chi connectivity index (χ0n) is 13.5. The van der Waals surface area contributed by atoms with Gasteiger partial charge >= 0.3 is 0 Å². The fraction of sp³-hybridized carbons (Fsp3) is 0.211. The highest BCUT2D eigenvalue weighted by Gasteiger charge is 2.23. The first-order valence-corrected chi connectivity index (χ1v) is 7.71. The van der Waals surface area contributed by atoms with Gasteiger partial charge in [0.15, 0.2) is 17.3 Å². The molecule has 0 fully saturated rings. The van der Waals surface area contributed by atoms with E-state index in [-0.39, 0.29) is 5.54 Å². The van der Waals surface area contributed by atoms with Gasteiger partial charge in [0.05, 0.1) is 0 Å². The van der Waals surface area contributed by atoms with Crippen molar-refractivity contribution >= 4 is 46.0 Å². The molecule has 0 atom stereocenters. The van der Waals surface area contributed by atoms with E-state index in [2.05, 4.69) is 82.0 Å². The lowest BCUT2D eigenvalue weighted by molar-refractivity contribution is -0.753. The van der Waals surface area contributed by atoms with Crippen LogP contribution in [0.5, 0.6) is 0 Å². The maximum absolute atomic E-state index is 6.16. The molecule has 0 saturated heterocycles. The molecule has 2 heterocycles. The van der Waals surface area contributed by atoms with Crippen molar-refractivity contribution in [3.8, 4) is 0 Å². The lowest BCUT2D eigenvalue weighted by atomic mass is 9.88. The highest BCUT2D eigenvalue weighted by Crippen LogP contribution is 2.33. The van der Waals surface area contributed by atoms with Crippen molar-refractivity contribution in [2.24, 2.45) is 0 Å². The summed E-state index contributed by atoms with van der Waals surface area (Å²) in [6.07, 6.45) is 4.26. The normalized spacial score (nSPS) is 12.5. The van der Waals surface area contributed by atoms with E-state index in [0.717, 1.165) is 11.2 Å². The number of nitrogens with zero attached hydrogens (tertiary/aromatic N) is 1. The van der Waals surface area contributed by atoms with Gasteiger partial charge in [-0.2, -0.15) is 4.57 Å². The van der Waals surface area contributed by atoms with Gasteiger partial charge in [0.25, 0.3) is 0 Å². The minimum absolute atomic E-state index is 0.0468. The van der Waals surface area contributed by atoms with Crippen molar-refractivity contribution in [3.63, 3.8) is 0 Å². The molecule has 2 aromatic heterocycles. The molecule has 2 aromatic carbocycles. The molecule has 0 bridgehead atoms. The van der Waals surface area contributed by atoms with E-state index < -0.39 is 0 Å². The number of benzene rings is 2. The molecule has 0 N–H and O–H groups in total. The first-order chi connectivity index (χ1) is 10.4. The zero-order chi connectivity index (χ0) is 15.5. The third-order valence-corrected chi connectivity index (χ3v) is 4.40. The minimum atomic E-state index is 0.0468. The Balaban J connectivity index is 2.17. The van der Waals surface area contributed by atoms with Crippen LogP contribution in [0.2, 0.25) is 0 Å². The van der Waals surface area contributed by atoms with Gasteiger partial charge in [-0.3, -0.25) is 0 Å². The summed E-state index contributed by atoms with van der Waals surface area (Å²) in [5, 5.41) is 4.97. The van der Waals surface area contributed by atoms with Crippen LogP contribution in [-0.2, 0) is 5.54 Å². The standard InChI is InChI=1S/C19H19BNO/c1-19(2,3)21-9-8-14-17(11-21)22-16-10-15(20)12-6-4-5-7-13(12)18(14)16/h4-11H,20H2,1-3H3/q+1. The molecule has 3 heteroatoms. The second-order valence-electron chi connectivity index (χ2n) is 7.02. The monoisotopic (exact) mass is 288 g/mol. The molecular weight excluding hydrogens is 269 g/mol. The van der Waals surface area contributed by atoms with Crippen molar-refractivity contribution < 1.29 is 8.98 Å². The quantitative estimate of drug-likeness (QED) is 0.359. The predicted molar refractivity (Wildman–Crippen MR) is 94.6 cm³/mol. The molecule has 0 saturated carbocycles. The molecule has 108 valence electrons. The van der Waals surface area contributed by atoms with Crippen LogP contribution in [0.3, 0.4) is 0 Å². The lowest BCUT2D eigenvalue weighted by Crippen LogP contribution is -2.49. The summed E-state index contributed by atoms with van der Waals surface area (Å²) in [5.74, 6) is 0. The number of aromatic nitrogens is 1. The topological polar surface area (TPSA) is 17.0 Å². The van der Waals surface area contributed by atoms with Crippen LogP contribution in [0.1, 0.15) is 20.8 Å². The first-order valence-electron chi connectivity index (χ1n) is 7.71. The molecule has 4 rings (SSSR count). The van der Waals surface area contributed by atoms with Gasteiger partial charge in [-0.15, -0.1) is 0 Å². The average molecular weight is 288 g/mol. The molecule has 0 unspecified atom stereocenters. The van der Waals surface area contributed by atoms with Gasteiger partial charge < -0.3 is 4.42 Å². The van der Waals surface area contributed by atoms with Gasteiger partial charge in [-0.25, -0.2) is 0 Å². The van der Waals surface area contributed by atoms with Crippen LogP contribution in [0.15, 0.2) is 53.2 Å². The first kappa shape index (κ1) is 13.4. The summed E-state index contributed by atoms with van der Waals surface area (Å²) < 4.78 is 8.36. The highest BCUT2D eigenvalue weighted by atomic mass is 16.3. The van der Waals surface area contributed by atoms with E-state index in [1.54, 1.807) is 0 Å². The Morgan fingerprint density at radius 2 is 1.68 bits per heavy atom. The third-order valence-electron chi connectivity index (χ3n) is 4.40. The third kappa shape index (κ3) is 1.85. The van der Waals surface area contributed by atoms with Crippen LogP contribution >= 0.6 is 0 Å². The van der Waals surface area contributed by atoms with Crippen LogP contribution in [-0.4, -0.2) is 7.85 Å². The molecular formula is C19H19BNO+. The van der Waals surface area contributed by atoms with Gasteiger partial charge in [-0.05, 0) is 16.8 Å².